The zero-order chi connectivity index (χ0) is 15.5. The van der Waals surface area contributed by atoms with E-state index in [4.69, 9.17) is 4.74 Å². The van der Waals surface area contributed by atoms with Crippen LogP contribution < -0.4 is 4.74 Å². The van der Waals surface area contributed by atoms with Crippen LogP contribution in [0.5, 0.6) is 5.75 Å². The van der Waals surface area contributed by atoms with E-state index in [0.717, 1.165) is 23.3 Å². The highest BCUT2D eigenvalue weighted by Crippen LogP contribution is 2.26. The molecule has 2 aromatic rings. The van der Waals surface area contributed by atoms with Crippen molar-refractivity contribution in [2.45, 2.75) is 12.8 Å². The Hall–Kier alpha value is -2.36. The highest BCUT2D eigenvalue weighted by molar-refractivity contribution is 5.94. The quantitative estimate of drug-likeness (QED) is 0.868. The highest BCUT2D eigenvalue weighted by atomic mass is 19.1. The number of amides is 1. The lowest BCUT2D eigenvalue weighted by Crippen LogP contribution is -2.28. The zero-order valence-electron chi connectivity index (χ0n) is 12.5. The number of hydrogen-bond donors (Lipinski definition) is 0. The van der Waals surface area contributed by atoms with Crippen LogP contribution in [0, 0.1) is 5.82 Å². The van der Waals surface area contributed by atoms with Gasteiger partial charge in [-0.3, -0.25) is 4.79 Å². The van der Waals surface area contributed by atoms with E-state index in [1.165, 1.54) is 12.1 Å². The van der Waals surface area contributed by atoms with Gasteiger partial charge in [0.25, 0.3) is 5.91 Å². The molecule has 114 valence electrons. The smallest absolute Gasteiger partial charge is 0.253 e. The Kier molecular flexibility index (Phi) is 4.09. The molecule has 4 heteroatoms. The van der Waals surface area contributed by atoms with Gasteiger partial charge < -0.3 is 9.64 Å². The van der Waals surface area contributed by atoms with E-state index in [1.807, 2.05) is 12.1 Å². The zero-order valence-corrected chi connectivity index (χ0v) is 12.5. The van der Waals surface area contributed by atoms with Gasteiger partial charge in [0.1, 0.15) is 11.6 Å². The molecule has 3 rings (SSSR count). The van der Waals surface area contributed by atoms with Gasteiger partial charge in [0.15, 0.2) is 0 Å². The first-order valence-electron chi connectivity index (χ1n) is 7.39. The normalized spacial score (nSPS) is 12.6. The molecule has 0 unspecified atom stereocenters. The van der Waals surface area contributed by atoms with E-state index in [-0.39, 0.29) is 11.7 Å². The Morgan fingerprint density at radius 2 is 2.00 bits per heavy atom. The van der Waals surface area contributed by atoms with Crippen molar-refractivity contribution in [3.63, 3.8) is 0 Å². The SMILES string of the molecule is CN(CCc1ccc(F)cc1)C(=O)c1ccc2c(c1)CCO2. The lowest BCUT2D eigenvalue weighted by Gasteiger charge is -2.17. The first-order valence-corrected chi connectivity index (χ1v) is 7.39. The predicted molar refractivity (Wildman–Crippen MR) is 82.7 cm³/mol. The maximum atomic E-state index is 12.9. The molecule has 0 N–H and O–H groups in total. The van der Waals surface area contributed by atoms with E-state index < -0.39 is 0 Å². The highest BCUT2D eigenvalue weighted by Gasteiger charge is 2.17. The largest absolute Gasteiger partial charge is 0.493 e. The third kappa shape index (κ3) is 3.11. The van der Waals surface area contributed by atoms with Crippen LogP contribution in [-0.2, 0) is 12.8 Å². The molecule has 0 bridgehead atoms. The minimum absolute atomic E-state index is 0.00295. The molecule has 1 aliphatic heterocycles. The molecule has 0 fully saturated rings. The number of carbonyl (C=O) groups excluding carboxylic acids is 1. The molecular formula is C18H18FNO2. The summed E-state index contributed by atoms with van der Waals surface area (Å²) in [5.74, 6) is 0.635. The molecule has 0 saturated heterocycles. The topological polar surface area (TPSA) is 29.5 Å². The van der Waals surface area contributed by atoms with Crippen molar-refractivity contribution in [3.05, 3.63) is 65.0 Å². The average molecular weight is 299 g/mol. The molecule has 3 nitrogen and oxygen atoms in total. The molecule has 1 heterocycles. The van der Waals surface area contributed by atoms with Gasteiger partial charge in [-0.15, -0.1) is 0 Å². The van der Waals surface area contributed by atoms with Crippen molar-refractivity contribution in [1.29, 1.82) is 0 Å². The summed E-state index contributed by atoms with van der Waals surface area (Å²) in [6.07, 6.45) is 1.56. The molecule has 0 radical (unpaired) electrons. The van der Waals surface area contributed by atoms with Gasteiger partial charge >= 0.3 is 0 Å². The van der Waals surface area contributed by atoms with Crippen molar-refractivity contribution in [1.82, 2.24) is 4.90 Å². The number of ether oxygens (including phenoxy) is 1. The average Bonchev–Trinajstić information content (AvgIpc) is 3.00. The summed E-state index contributed by atoms with van der Waals surface area (Å²) in [5, 5.41) is 0. The van der Waals surface area contributed by atoms with Crippen LogP contribution in [0.3, 0.4) is 0 Å². The van der Waals surface area contributed by atoms with Gasteiger partial charge in [0.2, 0.25) is 0 Å². The summed E-state index contributed by atoms with van der Waals surface area (Å²) in [6.45, 7) is 1.28. The Bertz CT molecular complexity index is 682. The van der Waals surface area contributed by atoms with Crippen LogP contribution in [0.25, 0.3) is 0 Å². The fourth-order valence-electron chi connectivity index (χ4n) is 2.59. The third-order valence-corrected chi connectivity index (χ3v) is 3.93. The van der Waals surface area contributed by atoms with E-state index in [9.17, 15) is 9.18 Å². The summed E-state index contributed by atoms with van der Waals surface area (Å²) < 4.78 is 18.3. The number of carbonyl (C=O) groups is 1. The Balaban J connectivity index is 1.63. The lowest BCUT2D eigenvalue weighted by atomic mass is 10.1. The third-order valence-electron chi connectivity index (χ3n) is 3.93. The maximum Gasteiger partial charge on any atom is 0.253 e. The van der Waals surface area contributed by atoms with Crippen LogP contribution in [0.4, 0.5) is 4.39 Å². The summed E-state index contributed by atoms with van der Waals surface area (Å²) in [4.78, 5) is 14.1. The van der Waals surface area contributed by atoms with Crippen molar-refractivity contribution in [2.24, 2.45) is 0 Å². The molecule has 1 amide bonds. The number of halogens is 1. The summed E-state index contributed by atoms with van der Waals surface area (Å²) in [7, 11) is 1.79. The number of benzene rings is 2. The molecule has 22 heavy (non-hydrogen) atoms. The lowest BCUT2D eigenvalue weighted by molar-refractivity contribution is 0.0796. The minimum atomic E-state index is -0.242. The van der Waals surface area contributed by atoms with Gasteiger partial charge in [-0.25, -0.2) is 4.39 Å². The number of likely N-dealkylation sites (N-methyl/N-ethyl adjacent to an activating group) is 1. The standard InChI is InChI=1S/C18H18FNO2/c1-20(10-8-13-2-5-16(19)6-3-13)18(21)15-4-7-17-14(12-15)9-11-22-17/h2-7,12H,8-11H2,1H3. The van der Waals surface area contributed by atoms with Crippen molar-refractivity contribution in [3.8, 4) is 5.75 Å². The molecule has 0 saturated carbocycles. The molecule has 1 aliphatic rings. The molecule has 0 spiro atoms. The van der Waals surface area contributed by atoms with Gasteiger partial charge in [-0.2, -0.15) is 0 Å². The molecule has 0 aliphatic carbocycles. The number of hydrogen-bond acceptors (Lipinski definition) is 2. The first kappa shape index (κ1) is 14.6. The van der Waals surface area contributed by atoms with Crippen LogP contribution >= 0.6 is 0 Å². The molecule has 2 aromatic carbocycles. The second-order valence-corrected chi connectivity index (χ2v) is 5.52. The van der Waals surface area contributed by atoms with Gasteiger partial charge in [0, 0.05) is 25.6 Å². The summed E-state index contributed by atoms with van der Waals surface area (Å²) in [6, 6.07) is 12.0. The fraction of sp³-hybridized carbons (Fsp3) is 0.278. The summed E-state index contributed by atoms with van der Waals surface area (Å²) >= 11 is 0. The maximum absolute atomic E-state index is 12.9. The van der Waals surface area contributed by atoms with Gasteiger partial charge in [0.05, 0.1) is 6.61 Å². The number of rotatable bonds is 4. The van der Waals surface area contributed by atoms with Crippen LogP contribution in [-0.4, -0.2) is 31.0 Å². The second-order valence-electron chi connectivity index (χ2n) is 5.52. The Morgan fingerprint density at radius 1 is 1.23 bits per heavy atom. The predicted octanol–water partition coefficient (Wildman–Crippen LogP) is 3.08. The van der Waals surface area contributed by atoms with Crippen molar-refractivity contribution in [2.75, 3.05) is 20.2 Å². The summed E-state index contributed by atoms with van der Waals surface area (Å²) in [5.41, 5.74) is 2.80. The van der Waals surface area contributed by atoms with E-state index in [2.05, 4.69) is 0 Å². The molecule has 0 aromatic heterocycles. The molecule has 0 atom stereocenters. The Morgan fingerprint density at radius 3 is 2.77 bits per heavy atom. The van der Waals surface area contributed by atoms with E-state index in [1.54, 1.807) is 30.1 Å². The van der Waals surface area contributed by atoms with E-state index in [0.29, 0.717) is 25.1 Å². The second kappa shape index (κ2) is 6.18. The first-order chi connectivity index (χ1) is 10.6. The van der Waals surface area contributed by atoms with Crippen molar-refractivity contribution < 1.29 is 13.9 Å². The molecular weight excluding hydrogens is 281 g/mol. The monoisotopic (exact) mass is 299 g/mol. The fourth-order valence-corrected chi connectivity index (χ4v) is 2.59. The van der Waals surface area contributed by atoms with Crippen LogP contribution in [0.15, 0.2) is 42.5 Å². The van der Waals surface area contributed by atoms with E-state index >= 15 is 0 Å². The number of nitrogens with zero attached hydrogens (tertiary/aromatic N) is 1. The van der Waals surface area contributed by atoms with Gasteiger partial charge in [-0.05, 0) is 47.9 Å². The minimum Gasteiger partial charge on any atom is -0.493 e. The van der Waals surface area contributed by atoms with Gasteiger partial charge in [-0.1, -0.05) is 12.1 Å². The van der Waals surface area contributed by atoms with Crippen LogP contribution in [0.1, 0.15) is 21.5 Å². The van der Waals surface area contributed by atoms with Crippen molar-refractivity contribution >= 4 is 5.91 Å². The van der Waals surface area contributed by atoms with Crippen LogP contribution in [0.2, 0.25) is 0 Å². The Labute approximate surface area is 129 Å². The number of fused-ring (bicyclic) bond motifs is 1.